The molecule has 2 nitrogen and oxygen atoms in total. The minimum Gasteiger partial charge on any atom is -0.494 e. The lowest BCUT2D eigenvalue weighted by Crippen LogP contribution is -2.18. The molecule has 0 fully saturated rings. The van der Waals surface area contributed by atoms with Gasteiger partial charge in [-0.25, -0.2) is 8.78 Å². The van der Waals surface area contributed by atoms with Gasteiger partial charge in [0.1, 0.15) is 6.67 Å². The minimum absolute atomic E-state index is 0.0132. The third-order valence-electron chi connectivity index (χ3n) is 5.60. The first-order valence-corrected chi connectivity index (χ1v) is 10.3. The summed E-state index contributed by atoms with van der Waals surface area (Å²) in [6.45, 7) is 2.20. The van der Waals surface area contributed by atoms with E-state index in [2.05, 4.69) is 29.6 Å². The van der Waals surface area contributed by atoms with Gasteiger partial charge in [0.05, 0.1) is 7.11 Å². The normalized spacial score (nSPS) is 12.1. The first-order valence-electron chi connectivity index (χ1n) is 10.3. The highest BCUT2D eigenvalue weighted by Crippen LogP contribution is 2.31. The van der Waals surface area contributed by atoms with Crippen LogP contribution in [0.4, 0.5) is 8.78 Å². The molecule has 0 spiro atoms. The fourth-order valence-corrected chi connectivity index (χ4v) is 3.87. The van der Waals surface area contributed by atoms with Crippen molar-refractivity contribution in [3.63, 3.8) is 0 Å². The molecule has 1 atom stereocenters. The summed E-state index contributed by atoms with van der Waals surface area (Å²) in [4.78, 5) is 0. The lowest BCUT2D eigenvalue weighted by molar-refractivity contribution is 0.385. The van der Waals surface area contributed by atoms with Gasteiger partial charge in [-0.3, -0.25) is 0 Å². The van der Waals surface area contributed by atoms with Crippen LogP contribution in [-0.4, -0.2) is 7.11 Å². The number of ether oxygens (including phenoxy) is 1. The Hall–Kier alpha value is -3.24. The van der Waals surface area contributed by atoms with E-state index in [-0.39, 0.29) is 17.6 Å². The summed E-state index contributed by atoms with van der Waals surface area (Å²) in [5.41, 5.74) is 4.84. The predicted octanol–water partition coefficient (Wildman–Crippen LogP) is 6.97. The maximum absolute atomic E-state index is 13.7. The Morgan fingerprint density at radius 3 is 2.55 bits per heavy atom. The maximum Gasteiger partial charge on any atom is 0.165 e. The molecule has 0 amide bonds. The average molecular weight is 417 g/mol. The van der Waals surface area contributed by atoms with Gasteiger partial charge >= 0.3 is 0 Å². The SMILES string of the molecule is COc1cc([C@@H](C)NCc2cc(-c3cccc(CF)c3)c3ccccc3c2)ccc1F. The zero-order chi connectivity index (χ0) is 21.8. The fraction of sp³-hybridized carbons (Fsp3) is 0.185. The number of alkyl halides is 1. The molecule has 0 heterocycles. The summed E-state index contributed by atoms with van der Waals surface area (Å²) in [5, 5.41) is 5.79. The van der Waals surface area contributed by atoms with Crippen LogP contribution < -0.4 is 10.1 Å². The second kappa shape index (κ2) is 9.27. The topological polar surface area (TPSA) is 21.3 Å². The molecular weight excluding hydrogens is 392 g/mol. The van der Waals surface area contributed by atoms with Crippen molar-refractivity contribution in [2.24, 2.45) is 0 Å². The minimum atomic E-state index is -0.480. The number of nitrogens with one attached hydrogen (secondary N) is 1. The van der Waals surface area contributed by atoms with Crippen LogP contribution in [0.25, 0.3) is 21.9 Å². The summed E-state index contributed by atoms with van der Waals surface area (Å²) in [6, 6.07) is 25.1. The van der Waals surface area contributed by atoms with Gasteiger partial charge in [0, 0.05) is 12.6 Å². The standard InChI is InChI=1S/C27H25F2NO/c1-18(21-10-11-26(29)27(15-21)31-2)30-17-20-13-22-7-3-4-9-24(22)25(14-20)23-8-5-6-19(12-23)16-28/h3-15,18,30H,16-17H2,1-2H3/t18-/m1/s1. The van der Waals surface area contributed by atoms with Crippen LogP contribution in [0, 0.1) is 5.82 Å². The highest BCUT2D eigenvalue weighted by molar-refractivity contribution is 5.97. The number of hydrogen-bond donors (Lipinski definition) is 1. The summed E-state index contributed by atoms with van der Waals surface area (Å²) < 4.78 is 32.0. The number of rotatable bonds is 7. The Kier molecular flexibility index (Phi) is 6.28. The number of benzene rings is 4. The van der Waals surface area contributed by atoms with Crippen molar-refractivity contribution in [3.8, 4) is 16.9 Å². The third-order valence-corrected chi connectivity index (χ3v) is 5.60. The fourth-order valence-electron chi connectivity index (χ4n) is 3.87. The van der Waals surface area contributed by atoms with E-state index in [1.807, 2.05) is 37.3 Å². The van der Waals surface area contributed by atoms with Gasteiger partial charge in [-0.2, -0.15) is 0 Å². The molecule has 0 unspecified atom stereocenters. The lowest BCUT2D eigenvalue weighted by atomic mass is 9.94. The highest BCUT2D eigenvalue weighted by Gasteiger charge is 2.11. The zero-order valence-electron chi connectivity index (χ0n) is 17.7. The molecule has 0 saturated heterocycles. The number of methoxy groups -OCH3 is 1. The van der Waals surface area contributed by atoms with Gasteiger partial charge in [0.25, 0.3) is 0 Å². The van der Waals surface area contributed by atoms with E-state index in [9.17, 15) is 8.78 Å². The molecule has 4 heteroatoms. The van der Waals surface area contributed by atoms with Crippen molar-refractivity contribution in [1.29, 1.82) is 0 Å². The second-order valence-electron chi connectivity index (χ2n) is 7.70. The van der Waals surface area contributed by atoms with Crippen molar-refractivity contribution in [3.05, 3.63) is 101 Å². The smallest absolute Gasteiger partial charge is 0.165 e. The van der Waals surface area contributed by atoms with Crippen molar-refractivity contribution >= 4 is 10.8 Å². The maximum atomic E-state index is 13.7. The van der Waals surface area contributed by atoms with E-state index >= 15 is 0 Å². The molecule has 4 aromatic carbocycles. The van der Waals surface area contributed by atoms with Crippen LogP contribution in [0.2, 0.25) is 0 Å². The molecule has 0 aromatic heterocycles. The monoisotopic (exact) mass is 417 g/mol. The van der Waals surface area contributed by atoms with Gasteiger partial charge in [-0.1, -0.05) is 48.5 Å². The Labute approximate surface area is 181 Å². The number of fused-ring (bicyclic) bond motifs is 1. The van der Waals surface area contributed by atoms with E-state index in [0.717, 1.165) is 33.0 Å². The Morgan fingerprint density at radius 2 is 1.74 bits per heavy atom. The summed E-state index contributed by atoms with van der Waals surface area (Å²) in [6.07, 6.45) is 0. The number of hydrogen-bond acceptors (Lipinski definition) is 2. The third kappa shape index (κ3) is 4.59. The van der Waals surface area contributed by atoms with Gasteiger partial charge in [0.2, 0.25) is 0 Å². The average Bonchev–Trinajstić information content (AvgIpc) is 2.82. The van der Waals surface area contributed by atoms with E-state index in [1.165, 1.54) is 13.2 Å². The van der Waals surface area contributed by atoms with Crippen molar-refractivity contribution in [2.75, 3.05) is 7.11 Å². The van der Waals surface area contributed by atoms with Crippen LogP contribution in [0.5, 0.6) is 5.75 Å². The lowest BCUT2D eigenvalue weighted by Gasteiger charge is -2.17. The van der Waals surface area contributed by atoms with Crippen LogP contribution in [0.1, 0.15) is 29.7 Å². The molecule has 31 heavy (non-hydrogen) atoms. The molecule has 1 N–H and O–H groups in total. The summed E-state index contributed by atoms with van der Waals surface area (Å²) in [7, 11) is 1.47. The quantitative estimate of drug-likeness (QED) is 0.350. The van der Waals surface area contributed by atoms with Gasteiger partial charge < -0.3 is 10.1 Å². The molecule has 0 radical (unpaired) electrons. The molecule has 158 valence electrons. The molecular formula is C27H25F2NO. The molecule has 0 saturated carbocycles. The van der Waals surface area contributed by atoms with Gasteiger partial charge in [-0.15, -0.1) is 0 Å². The molecule has 0 aliphatic rings. The number of halogens is 2. The van der Waals surface area contributed by atoms with Crippen LogP contribution in [-0.2, 0) is 13.2 Å². The summed E-state index contributed by atoms with van der Waals surface area (Å²) >= 11 is 0. The first kappa shape index (κ1) is 21.0. The molecule has 0 aliphatic heterocycles. The summed E-state index contributed by atoms with van der Waals surface area (Å²) in [5.74, 6) is -0.125. The Balaban J connectivity index is 1.64. The van der Waals surface area contributed by atoms with Crippen molar-refractivity contribution in [1.82, 2.24) is 5.32 Å². The van der Waals surface area contributed by atoms with Gasteiger partial charge in [0.15, 0.2) is 11.6 Å². The Morgan fingerprint density at radius 1 is 0.903 bits per heavy atom. The molecule has 0 bridgehead atoms. The molecule has 4 rings (SSSR count). The predicted molar refractivity (Wildman–Crippen MR) is 122 cm³/mol. The van der Waals surface area contributed by atoms with E-state index in [1.54, 1.807) is 18.2 Å². The highest BCUT2D eigenvalue weighted by atomic mass is 19.1. The van der Waals surface area contributed by atoms with E-state index < -0.39 is 6.67 Å². The van der Waals surface area contributed by atoms with Crippen LogP contribution in [0.15, 0.2) is 78.9 Å². The van der Waals surface area contributed by atoms with Crippen molar-refractivity contribution < 1.29 is 13.5 Å². The van der Waals surface area contributed by atoms with Crippen LogP contribution in [0.3, 0.4) is 0 Å². The van der Waals surface area contributed by atoms with Crippen molar-refractivity contribution in [2.45, 2.75) is 26.2 Å². The van der Waals surface area contributed by atoms with E-state index in [0.29, 0.717) is 12.1 Å². The van der Waals surface area contributed by atoms with E-state index in [4.69, 9.17) is 4.74 Å². The van der Waals surface area contributed by atoms with Crippen LogP contribution >= 0.6 is 0 Å². The molecule has 0 aliphatic carbocycles. The second-order valence-corrected chi connectivity index (χ2v) is 7.70. The Bertz CT molecular complexity index is 1200. The zero-order valence-corrected chi connectivity index (χ0v) is 17.7. The molecule has 4 aromatic rings. The first-order chi connectivity index (χ1) is 15.1. The largest absolute Gasteiger partial charge is 0.494 e. The van der Waals surface area contributed by atoms with Gasteiger partial charge in [-0.05, 0) is 75.8 Å².